The third-order valence-electron chi connectivity index (χ3n) is 3.92. The van der Waals surface area contributed by atoms with Gasteiger partial charge in [0.25, 0.3) is 0 Å². The van der Waals surface area contributed by atoms with Gasteiger partial charge in [-0.25, -0.2) is 4.68 Å². The van der Waals surface area contributed by atoms with Gasteiger partial charge in [0.2, 0.25) is 5.91 Å². The summed E-state index contributed by atoms with van der Waals surface area (Å²) in [5, 5.41) is 14.2. The summed E-state index contributed by atoms with van der Waals surface area (Å²) >= 11 is 0. The standard InChI is InChI=1S/C16H21N5O3/c1-11-15(17-7-8-24-11)16(22)18-9-12-10-21(20-19-12)13-3-5-14(23-2)6-4-13/h3-6,10-11,15,17H,7-9H2,1-2H3,(H,18,22)/t11-,15+/m1/s1. The van der Waals surface area contributed by atoms with E-state index in [-0.39, 0.29) is 18.1 Å². The normalized spacial score (nSPS) is 20.6. The molecule has 2 aromatic rings. The molecule has 1 aromatic carbocycles. The molecule has 24 heavy (non-hydrogen) atoms. The highest BCUT2D eigenvalue weighted by molar-refractivity contribution is 5.82. The van der Waals surface area contributed by atoms with Crippen LogP contribution in [0.2, 0.25) is 0 Å². The minimum absolute atomic E-state index is 0.0961. The summed E-state index contributed by atoms with van der Waals surface area (Å²) in [6.07, 6.45) is 1.64. The summed E-state index contributed by atoms with van der Waals surface area (Å²) in [6.45, 7) is 3.51. The molecule has 2 N–H and O–H groups in total. The van der Waals surface area contributed by atoms with Crippen LogP contribution in [0.1, 0.15) is 12.6 Å². The number of aromatic nitrogens is 3. The molecule has 0 unspecified atom stereocenters. The van der Waals surface area contributed by atoms with E-state index in [0.717, 1.165) is 11.4 Å². The number of rotatable bonds is 5. The molecule has 2 heterocycles. The molecule has 8 nitrogen and oxygen atoms in total. The van der Waals surface area contributed by atoms with Crippen molar-refractivity contribution in [2.24, 2.45) is 0 Å². The molecule has 1 fully saturated rings. The van der Waals surface area contributed by atoms with Crippen molar-refractivity contribution >= 4 is 5.91 Å². The van der Waals surface area contributed by atoms with Gasteiger partial charge in [-0.1, -0.05) is 5.21 Å². The van der Waals surface area contributed by atoms with Gasteiger partial charge in [-0.2, -0.15) is 0 Å². The van der Waals surface area contributed by atoms with Crippen LogP contribution >= 0.6 is 0 Å². The van der Waals surface area contributed by atoms with E-state index < -0.39 is 0 Å². The fraction of sp³-hybridized carbons (Fsp3) is 0.438. The molecule has 0 bridgehead atoms. The van der Waals surface area contributed by atoms with Gasteiger partial charge in [0.1, 0.15) is 17.5 Å². The highest BCUT2D eigenvalue weighted by atomic mass is 16.5. The minimum atomic E-state index is -0.338. The van der Waals surface area contributed by atoms with Gasteiger partial charge in [-0.05, 0) is 31.2 Å². The molecule has 3 rings (SSSR count). The minimum Gasteiger partial charge on any atom is -0.497 e. The average molecular weight is 331 g/mol. The van der Waals surface area contributed by atoms with Crippen LogP contribution in [0.3, 0.4) is 0 Å². The summed E-state index contributed by atoms with van der Waals surface area (Å²) < 4.78 is 12.3. The molecule has 1 aliphatic heterocycles. The van der Waals surface area contributed by atoms with E-state index in [0.29, 0.717) is 25.4 Å². The molecule has 8 heteroatoms. The van der Waals surface area contributed by atoms with Crippen LogP contribution in [0.5, 0.6) is 5.75 Å². The first-order valence-corrected chi connectivity index (χ1v) is 7.86. The third-order valence-corrected chi connectivity index (χ3v) is 3.92. The Morgan fingerprint density at radius 3 is 2.96 bits per heavy atom. The van der Waals surface area contributed by atoms with E-state index in [1.807, 2.05) is 31.2 Å². The number of methoxy groups -OCH3 is 1. The lowest BCUT2D eigenvalue weighted by Crippen LogP contribution is -2.55. The molecular formula is C16H21N5O3. The molecule has 128 valence electrons. The number of benzene rings is 1. The van der Waals surface area contributed by atoms with E-state index in [1.54, 1.807) is 18.0 Å². The zero-order valence-corrected chi connectivity index (χ0v) is 13.7. The molecule has 0 saturated carbocycles. The fourth-order valence-electron chi connectivity index (χ4n) is 2.56. The zero-order chi connectivity index (χ0) is 16.9. The van der Waals surface area contributed by atoms with E-state index in [9.17, 15) is 4.79 Å². The Hall–Kier alpha value is -2.45. The molecule has 1 aliphatic rings. The predicted molar refractivity (Wildman–Crippen MR) is 87.0 cm³/mol. The summed E-state index contributed by atoms with van der Waals surface area (Å²) in [6, 6.07) is 7.15. The second-order valence-electron chi connectivity index (χ2n) is 5.58. The maximum atomic E-state index is 12.2. The molecule has 0 spiro atoms. The first-order valence-electron chi connectivity index (χ1n) is 7.86. The number of hydrogen-bond donors (Lipinski definition) is 2. The second kappa shape index (κ2) is 7.41. The zero-order valence-electron chi connectivity index (χ0n) is 13.7. The monoisotopic (exact) mass is 331 g/mol. The van der Waals surface area contributed by atoms with Gasteiger partial charge in [0.05, 0.1) is 38.2 Å². The molecule has 1 aromatic heterocycles. The van der Waals surface area contributed by atoms with Gasteiger partial charge in [-0.15, -0.1) is 5.10 Å². The Morgan fingerprint density at radius 1 is 1.46 bits per heavy atom. The lowest BCUT2D eigenvalue weighted by atomic mass is 10.1. The van der Waals surface area contributed by atoms with Crippen LogP contribution in [-0.2, 0) is 16.1 Å². The Morgan fingerprint density at radius 2 is 2.25 bits per heavy atom. The molecule has 2 atom stereocenters. The van der Waals surface area contributed by atoms with Gasteiger partial charge >= 0.3 is 0 Å². The van der Waals surface area contributed by atoms with Crippen LogP contribution in [0.4, 0.5) is 0 Å². The smallest absolute Gasteiger partial charge is 0.240 e. The lowest BCUT2D eigenvalue weighted by Gasteiger charge is -2.29. The van der Waals surface area contributed by atoms with Crippen molar-refractivity contribution in [3.8, 4) is 11.4 Å². The maximum Gasteiger partial charge on any atom is 0.240 e. The number of carbonyl (C=O) groups excluding carboxylic acids is 1. The Kier molecular flexibility index (Phi) is 5.07. The second-order valence-corrected chi connectivity index (χ2v) is 5.58. The number of amides is 1. The largest absolute Gasteiger partial charge is 0.497 e. The van der Waals surface area contributed by atoms with Gasteiger partial charge in [0.15, 0.2) is 0 Å². The summed E-state index contributed by atoms with van der Waals surface area (Å²) in [4.78, 5) is 12.2. The van der Waals surface area contributed by atoms with Crippen LogP contribution < -0.4 is 15.4 Å². The van der Waals surface area contributed by atoms with Crippen molar-refractivity contribution in [2.45, 2.75) is 25.6 Å². The Labute approximate surface area is 140 Å². The van der Waals surface area contributed by atoms with Crippen LogP contribution in [-0.4, -0.2) is 53.3 Å². The summed E-state index contributed by atoms with van der Waals surface area (Å²) in [5.74, 6) is 0.684. The van der Waals surface area contributed by atoms with E-state index in [1.165, 1.54) is 0 Å². The van der Waals surface area contributed by atoms with E-state index >= 15 is 0 Å². The van der Waals surface area contributed by atoms with Crippen LogP contribution in [0, 0.1) is 0 Å². The topological polar surface area (TPSA) is 90.3 Å². The fourth-order valence-corrected chi connectivity index (χ4v) is 2.56. The number of hydrogen-bond acceptors (Lipinski definition) is 6. The summed E-state index contributed by atoms with van der Waals surface area (Å²) in [7, 11) is 1.62. The van der Waals surface area contributed by atoms with Crippen molar-refractivity contribution in [2.75, 3.05) is 20.3 Å². The molecule has 0 aliphatic carbocycles. The average Bonchev–Trinajstić information content (AvgIpc) is 3.09. The van der Waals surface area contributed by atoms with Crippen molar-refractivity contribution in [1.82, 2.24) is 25.6 Å². The first kappa shape index (κ1) is 16.4. The van der Waals surface area contributed by atoms with Crippen molar-refractivity contribution in [3.63, 3.8) is 0 Å². The Balaban J connectivity index is 1.58. The third kappa shape index (κ3) is 3.72. The van der Waals surface area contributed by atoms with Gasteiger partial charge in [-0.3, -0.25) is 4.79 Å². The molecule has 1 amide bonds. The van der Waals surface area contributed by atoms with Crippen molar-refractivity contribution < 1.29 is 14.3 Å². The SMILES string of the molecule is COc1ccc(-n2cc(CNC(=O)[C@H]3NCCO[C@@H]3C)nn2)cc1. The number of carbonyl (C=O) groups is 1. The van der Waals surface area contributed by atoms with Gasteiger partial charge in [0, 0.05) is 6.54 Å². The number of nitrogens with zero attached hydrogens (tertiary/aromatic N) is 3. The number of morpholine rings is 1. The first-order chi connectivity index (χ1) is 11.7. The molecular weight excluding hydrogens is 310 g/mol. The Bertz CT molecular complexity index is 685. The van der Waals surface area contributed by atoms with Crippen LogP contribution in [0.25, 0.3) is 5.69 Å². The maximum absolute atomic E-state index is 12.2. The van der Waals surface area contributed by atoms with Crippen molar-refractivity contribution in [3.05, 3.63) is 36.2 Å². The molecule has 1 saturated heterocycles. The van der Waals surface area contributed by atoms with Gasteiger partial charge < -0.3 is 20.1 Å². The summed E-state index contributed by atoms with van der Waals surface area (Å²) in [5.41, 5.74) is 1.56. The number of nitrogens with one attached hydrogen (secondary N) is 2. The highest BCUT2D eigenvalue weighted by Gasteiger charge is 2.28. The van der Waals surface area contributed by atoms with Crippen LogP contribution in [0.15, 0.2) is 30.5 Å². The van der Waals surface area contributed by atoms with Crippen molar-refractivity contribution in [1.29, 1.82) is 0 Å². The predicted octanol–water partition coefficient (Wildman–Crippen LogP) is 0.269. The molecule has 0 radical (unpaired) electrons. The lowest BCUT2D eigenvalue weighted by molar-refractivity contribution is -0.129. The number of ether oxygens (including phenoxy) is 2. The van der Waals surface area contributed by atoms with E-state index in [2.05, 4.69) is 20.9 Å². The quantitative estimate of drug-likeness (QED) is 0.817. The van der Waals surface area contributed by atoms with E-state index in [4.69, 9.17) is 9.47 Å². The highest BCUT2D eigenvalue weighted by Crippen LogP contribution is 2.14.